The fourth-order valence-corrected chi connectivity index (χ4v) is 1.67. The van der Waals surface area contributed by atoms with Gasteiger partial charge in [-0.2, -0.15) is 13.2 Å². The van der Waals surface area contributed by atoms with E-state index < -0.39 is 19.8 Å². The Morgan fingerprint density at radius 1 is 1.10 bits per heavy atom. The van der Waals surface area contributed by atoms with Gasteiger partial charge in [-0.15, -0.1) is 5.54 Å². The molecule has 0 bridgehead atoms. The largest absolute Gasteiger partial charge is 0.424 e. The zero-order valence-corrected chi connectivity index (χ0v) is 12.6. The molecule has 0 spiro atoms. The van der Waals surface area contributed by atoms with E-state index in [0.29, 0.717) is 5.56 Å². The third-order valence-corrected chi connectivity index (χ3v) is 2.96. The van der Waals surface area contributed by atoms with Crippen LogP contribution in [0.2, 0.25) is 19.6 Å². The molecule has 0 atom stereocenters. The van der Waals surface area contributed by atoms with E-state index in [1.165, 1.54) is 0 Å². The topological polar surface area (TPSA) is 0 Å². The van der Waals surface area contributed by atoms with E-state index in [9.17, 15) is 13.2 Å². The van der Waals surface area contributed by atoms with Gasteiger partial charge < -0.3 is 0 Å². The lowest BCUT2D eigenvalue weighted by Gasteiger charge is -2.06. The summed E-state index contributed by atoms with van der Waals surface area (Å²) in [6, 6.07) is 8.86. The third-order valence-electron chi connectivity index (χ3n) is 2.08. The van der Waals surface area contributed by atoms with Crippen LogP contribution in [0.5, 0.6) is 0 Å². The van der Waals surface area contributed by atoms with Gasteiger partial charge >= 0.3 is 6.18 Å². The fraction of sp³-hybridized carbons (Fsp3) is 0.250. The minimum Gasteiger partial charge on any atom is -0.165 e. The Balaban J connectivity index is 3.04. The van der Waals surface area contributed by atoms with Crippen molar-refractivity contribution in [3.8, 4) is 23.3 Å². The van der Waals surface area contributed by atoms with Crippen molar-refractivity contribution in [1.82, 2.24) is 0 Å². The smallest absolute Gasteiger partial charge is 0.165 e. The first-order valence-corrected chi connectivity index (χ1v) is 9.55. The first-order chi connectivity index (χ1) is 9.18. The number of rotatable bonds is 0. The second-order valence-electron chi connectivity index (χ2n) is 5.19. The molecule has 0 saturated heterocycles. The van der Waals surface area contributed by atoms with Crippen molar-refractivity contribution in [2.24, 2.45) is 0 Å². The number of benzene rings is 1. The summed E-state index contributed by atoms with van der Waals surface area (Å²) in [4.78, 5) is 0. The Kier molecular flexibility index (Phi) is 5.24. The quantitative estimate of drug-likeness (QED) is 0.491. The molecule has 0 heterocycles. The van der Waals surface area contributed by atoms with Crippen molar-refractivity contribution in [2.45, 2.75) is 25.8 Å². The van der Waals surface area contributed by atoms with Crippen LogP contribution in [0.4, 0.5) is 13.2 Å². The lowest BCUT2D eigenvalue weighted by atomic mass is 10.2. The van der Waals surface area contributed by atoms with E-state index >= 15 is 0 Å². The monoisotopic (exact) mass is 292 g/mol. The average molecular weight is 292 g/mol. The fourth-order valence-electron chi connectivity index (χ4n) is 1.16. The first kappa shape index (κ1) is 16.1. The Hall–Kier alpha value is -1.91. The highest BCUT2D eigenvalue weighted by Crippen LogP contribution is 2.24. The molecule has 104 valence electrons. The van der Waals surface area contributed by atoms with Crippen LogP contribution < -0.4 is 0 Å². The molecule has 0 aromatic heterocycles. The summed E-state index contributed by atoms with van der Waals surface area (Å²) in [6.07, 6.45) is -3.61. The molecule has 1 rings (SSSR count). The molecular formula is C16H15F3Si. The lowest BCUT2D eigenvalue weighted by molar-refractivity contribution is -0.0871. The minimum atomic E-state index is -4.46. The number of halogens is 3. The van der Waals surface area contributed by atoms with Gasteiger partial charge in [-0.05, 0) is 12.1 Å². The summed E-state index contributed by atoms with van der Waals surface area (Å²) in [6.45, 7) is 5.68. The number of allylic oxidation sites excluding steroid dienone is 2. The Bertz CT molecular complexity index is 597. The maximum Gasteiger partial charge on any atom is 0.424 e. The van der Waals surface area contributed by atoms with Gasteiger partial charge in [0.15, 0.2) is 0 Å². The van der Waals surface area contributed by atoms with Gasteiger partial charge in [0.05, 0.1) is 0 Å². The van der Waals surface area contributed by atoms with Crippen molar-refractivity contribution in [3.63, 3.8) is 0 Å². The predicted molar refractivity (Wildman–Crippen MR) is 78.6 cm³/mol. The van der Waals surface area contributed by atoms with Gasteiger partial charge in [-0.3, -0.25) is 0 Å². The molecular weight excluding hydrogens is 277 g/mol. The normalized spacial score (nSPS) is 12.0. The van der Waals surface area contributed by atoms with E-state index in [0.717, 1.165) is 6.08 Å². The minimum absolute atomic E-state index is 0.670. The molecule has 0 aliphatic carbocycles. The molecule has 0 saturated carbocycles. The summed E-state index contributed by atoms with van der Waals surface area (Å²) < 4.78 is 38.4. The van der Waals surface area contributed by atoms with Crippen LogP contribution in [-0.2, 0) is 0 Å². The highest BCUT2D eigenvalue weighted by Gasteiger charge is 2.32. The van der Waals surface area contributed by atoms with Gasteiger partial charge in [0.2, 0.25) is 0 Å². The zero-order chi connectivity index (χ0) is 15.2. The molecule has 0 aliphatic heterocycles. The van der Waals surface area contributed by atoms with E-state index in [1.54, 1.807) is 24.3 Å². The highest BCUT2D eigenvalue weighted by atomic mass is 28.3. The van der Waals surface area contributed by atoms with E-state index in [-0.39, 0.29) is 0 Å². The molecule has 0 fully saturated rings. The Morgan fingerprint density at radius 2 is 1.70 bits per heavy atom. The number of alkyl halides is 3. The molecule has 1 aromatic rings. The molecule has 0 amide bonds. The maximum atomic E-state index is 12.8. The van der Waals surface area contributed by atoms with Gasteiger partial charge in [0.25, 0.3) is 0 Å². The van der Waals surface area contributed by atoms with E-state index in [2.05, 4.69) is 23.3 Å². The summed E-state index contributed by atoms with van der Waals surface area (Å²) in [5, 5.41) is 0. The molecule has 20 heavy (non-hydrogen) atoms. The van der Waals surface area contributed by atoms with Gasteiger partial charge in [-0.25, -0.2) is 0 Å². The van der Waals surface area contributed by atoms with Crippen molar-refractivity contribution >= 4 is 8.07 Å². The van der Waals surface area contributed by atoms with Crippen molar-refractivity contribution in [3.05, 3.63) is 47.5 Å². The van der Waals surface area contributed by atoms with Crippen molar-refractivity contribution in [2.75, 3.05) is 0 Å². The molecule has 4 heteroatoms. The number of hydrogen-bond acceptors (Lipinski definition) is 0. The SMILES string of the molecule is C[Si](C)(C)C#C/C(=C\C#Cc1ccccc1)C(F)(F)F. The van der Waals surface area contributed by atoms with Crippen LogP contribution in [-0.4, -0.2) is 14.3 Å². The standard InChI is InChI=1S/C16H15F3Si/c1-20(2,3)13-12-15(16(17,18)19)11-7-10-14-8-5-4-6-9-14/h4-6,8-9,11H,1-3H3/b15-11+. The molecule has 0 N–H and O–H groups in total. The second kappa shape index (κ2) is 6.50. The van der Waals surface area contributed by atoms with Crippen LogP contribution in [0.25, 0.3) is 0 Å². The van der Waals surface area contributed by atoms with E-state index in [1.807, 2.05) is 25.7 Å². The van der Waals surface area contributed by atoms with Gasteiger partial charge in [0, 0.05) is 11.6 Å². The summed E-state index contributed by atoms with van der Waals surface area (Å²) in [5.41, 5.74) is 2.49. The molecule has 0 radical (unpaired) electrons. The molecule has 0 nitrogen and oxygen atoms in total. The van der Waals surface area contributed by atoms with Crippen LogP contribution in [0.1, 0.15) is 5.56 Å². The Labute approximate surface area is 118 Å². The summed E-state index contributed by atoms with van der Waals surface area (Å²) >= 11 is 0. The summed E-state index contributed by atoms with van der Waals surface area (Å²) in [7, 11) is -1.85. The average Bonchev–Trinajstić information content (AvgIpc) is 2.32. The third kappa shape index (κ3) is 6.31. The van der Waals surface area contributed by atoms with Crippen LogP contribution in [0.15, 0.2) is 42.0 Å². The highest BCUT2D eigenvalue weighted by molar-refractivity contribution is 6.83. The predicted octanol–water partition coefficient (Wildman–Crippen LogP) is 4.41. The molecule has 1 aromatic carbocycles. The van der Waals surface area contributed by atoms with Crippen LogP contribution in [0, 0.1) is 23.3 Å². The molecule has 0 unspecified atom stereocenters. The lowest BCUT2D eigenvalue weighted by Crippen LogP contribution is -2.18. The Morgan fingerprint density at radius 3 is 2.20 bits per heavy atom. The second-order valence-corrected chi connectivity index (χ2v) is 9.94. The maximum absolute atomic E-state index is 12.8. The van der Waals surface area contributed by atoms with Gasteiger partial charge in [-0.1, -0.05) is 55.6 Å². The zero-order valence-electron chi connectivity index (χ0n) is 11.6. The van der Waals surface area contributed by atoms with Crippen LogP contribution >= 0.6 is 0 Å². The van der Waals surface area contributed by atoms with Crippen molar-refractivity contribution < 1.29 is 13.2 Å². The van der Waals surface area contributed by atoms with Crippen molar-refractivity contribution in [1.29, 1.82) is 0 Å². The number of hydrogen-bond donors (Lipinski definition) is 0. The summed E-state index contributed by atoms with van der Waals surface area (Å²) in [5.74, 6) is 7.32. The van der Waals surface area contributed by atoms with Crippen LogP contribution in [0.3, 0.4) is 0 Å². The first-order valence-electron chi connectivity index (χ1n) is 6.05. The van der Waals surface area contributed by atoms with E-state index in [4.69, 9.17) is 0 Å². The molecule has 0 aliphatic rings. The van der Waals surface area contributed by atoms with Gasteiger partial charge in [0.1, 0.15) is 13.6 Å².